The largest absolute Gasteiger partial charge is 0.360 e. The van der Waals surface area contributed by atoms with Gasteiger partial charge in [0.05, 0.1) is 0 Å². The molecule has 3 rings (SSSR count). The maximum atomic E-state index is 12.2. The lowest BCUT2D eigenvalue weighted by molar-refractivity contribution is -0.121. The van der Waals surface area contributed by atoms with Gasteiger partial charge in [-0.05, 0) is 26.7 Å². The van der Waals surface area contributed by atoms with Crippen LogP contribution in [0.3, 0.4) is 0 Å². The molecule has 1 aliphatic heterocycles. The van der Waals surface area contributed by atoms with Gasteiger partial charge in [0.15, 0.2) is 11.6 Å². The fraction of sp³-hybridized carbons (Fsp3) is 0.467. The molecule has 0 unspecified atom stereocenters. The number of rotatable bonds is 3. The normalized spacial score (nSPS) is 15.3. The van der Waals surface area contributed by atoms with Gasteiger partial charge in [-0.3, -0.25) is 10.1 Å². The first-order chi connectivity index (χ1) is 11.5. The van der Waals surface area contributed by atoms with Crippen molar-refractivity contribution in [3.05, 3.63) is 23.7 Å². The summed E-state index contributed by atoms with van der Waals surface area (Å²) in [5, 5.41) is 12.9. The van der Waals surface area contributed by atoms with Crippen LogP contribution in [0.2, 0.25) is 0 Å². The number of hydrogen-bond donors (Lipinski definition) is 2. The predicted octanol–water partition coefficient (Wildman–Crippen LogP) is 2.16. The van der Waals surface area contributed by atoms with Gasteiger partial charge in [-0.1, -0.05) is 10.3 Å². The van der Waals surface area contributed by atoms with Crippen molar-refractivity contribution in [3.63, 3.8) is 0 Å². The van der Waals surface area contributed by atoms with Gasteiger partial charge in [-0.25, -0.2) is 4.79 Å². The SMILES string of the molecule is Cc1cc(NC(=O)C2CCN(C(=O)Nc3cc(C)on3)CC2)no1. The van der Waals surface area contributed by atoms with Crippen molar-refractivity contribution in [2.45, 2.75) is 26.7 Å². The third-order valence-corrected chi connectivity index (χ3v) is 3.90. The molecule has 1 fully saturated rings. The first-order valence-corrected chi connectivity index (χ1v) is 7.74. The summed E-state index contributed by atoms with van der Waals surface area (Å²) in [6, 6.07) is 3.08. The molecule has 9 nitrogen and oxygen atoms in total. The smallest absolute Gasteiger partial charge is 0.323 e. The minimum absolute atomic E-state index is 0.101. The molecule has 0 aliphatic carbocycles. The van der Waals surface area contributed by atoms with E-state index < -0.39 is 0 Å². The van der Waals surface area contributed by atoms with Crippen LogP contribution in [0.15, 0.2) is 21.2 Å². The van der Waals surface area contributed by atoms with E-state index in [1.807, 2.05) is 0 Å². The van der Waals surface area contributed by atoms with Crippen LogP contribution >= 0.6 is 0 Å². The Kier molecular flexibility index (Phi) is 4.50. The Bertz CT molecular complexity index is 668. The van der Waals surface area contributed by atoms with Crippen LogP contribution < -0.4 is 10.6 Å². The van der Waals surface area contributed by atoms with E-state index in [9.17, 15) is 9.59 Å². The number of likely N-dealkylation sites (tertiary alicyclic amines) is 1. The first-order valence-electron chi connectivity index (χ1n) is 7.74. The minimum atomic E-state index is -0.241. The molecule has 2 aromatic rings. The van der Waals surface area contributed by atoms with Gasteiger partial charge < -0.3 is 19.3 Å². The fourth-order valence-electron chi connectivity index (χ4n) is 2.61. The molecular weight excluding hydrogens is 314 g/mol. The summed E-state index contributed by atoms with van der Waals surface area (Å²) < 4.78 is 9.83. The van der Waals surface area contributed by atoms with Crippen LogP contribution in [0, 0.1) is 19.8 Å². The van der Waals surface area contributed by atoms with Gasteiger partial charge >= 0.3 is 6.03 Å². The average Bonchev–Trinajstić information content (AvgIpc) is 3.15. The van der Waals surface area contributed by atoms with E-state index in [1.165, 1.54) is 0 Å². The van der Waals surface area contributed by atoms with Gasteiger partial charge in [0.2, 0.25) is 5.91 Å². The lowest BCUT2D eigenvalue weighted by atomic mass is 9.96. The van der Waals surface area contributed by atoms with Crippen LogP contribution in [0.4, 0.5) is 16.4 Å². The highest BCUT2D eigenvalue weighted by atomic mass is 16.5. The molecule has 3 amide bonds. The quantitative estimate of drug-likeness (QED) is 0.890. The number of nitrogens with zero attached hydrogens (tertiary/aromatic N) is 3. The summed E-state index contributed by atoms with van der Waals surface area (Å²) in [5.41, 5.74) is 0. The van der Waals surface area contributed by atoms with E-state index >= 15 is 0 Å². The van der Waals surface area contributed by atoms with Crippen molar-refractivity contribution in [1.29, 1.82) is 0 Å². The molecule has 24 heavy (non-hydrogen) atoms. The number of urea groups is 1. The highest BCUT2D eigenvalue weighted by Gasteiger charge is 2.28. The summed E-state index contributed by atoms with van der Waals surface area (Å²) in [5.74, 6) is 1.82. The van der Waals surface area contributed by atoms with E-state index in [4.69, 9.17) is 9.05 Å². The Hall–Kier alpha value is -2.84. The molecule has 9 heteroatoms. The van der Waals surface area contributed by atoms with Crippen molar-refractivity contribution in [3.8, 4) is 0 Å². The fourth-order valence-corrected chi connectivity index (χ4v) is 2.61. The number of aryl methyl sites for hydroxylation is 2. The van der Waals surface area contributed by atoms with Gasteiger partial charge in [-0.2, -0.15) is 0 Å². The molecule has 2 N–H and O–H groups in total. The highest BCUT2D eigenvalue weighted by Crippen LogP contribution is 2.20. The van der Waals surface area contributed by atoms with Crippen LogP contribution in [0.5, 0.6) is 0 Å². The monoisotopic (exact) mass is 333 g/mol. The second kappa shape index (κ2) is 6.73. The number of anilines is 2. The number of nitrogens with one attached hydrogen (secondary N) is 2. The third-order valence-electron chi connectivity index (χ3n) is 3.90. The molecule has 0 saturated carbocycles. The van der Waals surface area contributed by atoms with Crippen LogP contribution in [-0.4, -0.2) is 40.2 Å². The zero-order valence-electron chi connectivity index (χ0n) is 13.5. The molecule has 0 spiro atoms. The molecule has 1 saturated heterocycles. The van der Waals surface area contributed by atoms with Crippen molar-refractivity contribution >= 4 is 23.6 Å². The molecule has 128 valence electrons. The Morgan fingerprint density at radius 3 is 2.08 bits per heavy atom. The molecular formula is C15H19N5O4. The van der Waals surface area contributed by atoms with E-state index in [1.54, 1.807) is 30.9 Å². The molecule has 3 heterocycles. The maximum absolute atomic E-state index is 12.2. The van der Waals surface area contributed by atoms with Crippen molar-refractivity contribution in [1.82, 2.24) is 15.2 Å². The second-order valence-electron chi connectivity index (χ2n) is 5.83. The molecule has 0 aromatic carbocycles. The molecule has 2 aromatic heterocycles. The topological polar surface area (TPSA) is 114 Å². The third kappa shape index (κ3) is 3.73. The second-order valence-corrected chi connectivity index (χ2v) is 5.83. The Balaban J connectivity index is 1.48. The number of carbonyl (C=O) groups is 2. The number of aromatic nitrogens is 2. The van der Waals surface area contributed by atoms with Gasteiger partial charge in [0.1, 0.15) is 11.5 Å². The highest BCUT2D eigenvalue weighted by molar-refractivity contribution is 5.92. The summed E-state index contributed by atoms with van der Waals surface area (Å²) in [7, 11) is 0. The number of hydrogen-bond acceptors (Lipinski definition) is 6. The predicted molar refractivity (Wildman–Crippen MR) is 84.4 cm³/mol. The van der Waals surface area contributed by atoms with E-state index in [2.05, 4.69) is 20.9 Å². The van der Waals surface area contributed by atoms with Crippen LogP contribution in [-0.2, 0) is 4.79 Å². The van der Waals surface area contributed by atoms with Crippen LogP contribution in [0.1, 0.15) is 24.4 Å². The zero-order chi connectivity index (χ0) is 17.1. The number of amides is 3. The van der Waals surface area contributed by atoms with Crippen molar-refractivity contribution < 1.29 is 18.6 Å². The maximum Gasteiger partial charge on any atom is 0.323 e. The Morgan fingerprint density at radius 2 is 1.58 bits per heavy atom. The number of carbonyl (C=O) groups excluding carboxylic acids is 2. The molecule has 0 atom stereocenters. The van der Waals surface area contributed by atoms with E-state index in [0.717, 1.165) is 0 Å². The Morgan fingerprint density at radius 1 is 1.04 bits per heavy atom. The van der Waals surface area contributed by atoms with Crippen molar-refractivity contribution in [2.24, 2.45) is 5.92 Å². The summed E-state index contributed by atoms with van der Waals surface area (Å²) in [6.45, 7) is 4.51. The average molecular weight is 333 g/mol. The van der Waals surface area contributed by atoms with Crippen LogP contribution in [0.25, 0.3) is 0 Å². The van der Waals surface area contributed by atoms with Gasteiger partial charge in [0, 0.05) is 31.1 Å². The molecule has 0 radical (unpaired) electrons. The lowest BCUT2D eigenvalue weighted by Gasteiger charge is -2.30. The minimum Gasteiger partial charge on any atom is -0.360 e. The summed E-state index contributed by atoms with van der Waals surface area (Å²) in [6.07, 6.45) is 1.18. The standard InChI is InChI=1S/C15H19N5O4/c1-9-7-12(18-23-9)16-14(21)11-3-5-20(6-4-11)15(22)17-13-8-10(2)24-19-13/h7-8,11H,3-6H2,1-2H3,(H,16,18,21)(H,17,19,22). The summed E-state index contributed by atoms with van der Waals surface area (Å²) in [4.78, 5) is 26.0. The van der Waals surface area contributed by atoms with E-state index in [-0.39, 0.29) is 17.9 Å². The van der Waals surface area contributed by atoms with E-state index in [0.29, 0.717) is 49.1 Å². The number of piperidine rings is 1. The Labute approximate surface area is 138 Å². The van der Waals surface area contributed by atoms with Gasteiger partial charge in [0.25, 0.3) is 0 Å². The molecule has 0 bridgehead atoms. The van der Waals surface area contributed by atoms with Gasteiger partial charge in [-0.15, -0.1) is 0 Å². The summed E-state index contributed by atoms with van der Waals surface area (Å²) >= 11 is 0. The van der Waals surface area contributed by atoms with Crippen molar-refractivity contribution in [2.75, 3.05) is 23.7 Å². The first kappa shape index (κ1) is 16.0. The lowest BCUT2D eigenvalue weighted by Crippen LogP contribution is -2.43. The molecule has 1 aliphatic rings. The zero-order valence-corrected chi connectivity index (χ0v) is 13.5.